The van der Waals surface area contributed by atoms with Gasteiger partial charge in [-0.15, -0.1) is 0 Å². The molecular formula is C25H23N3. The van der Waals surface area contributed by atoms with Gasteiger partial charge in [0.05, 0.1) is 17.6 Å². The van der Waals surface area contributed by atoms with E-state index < -0.39 is 0 Å². The SMILES string of the molecule is CN(C)c1ccc(/C=N/N(c2ccccc2)c2ccc3ccccc3c2)cc1. The molecule has 0 spiro atoms. The molecule has 0 bridgehead atoms. The Morgan fingerprint density at radius 1 is 0.607 bits per heavy atom. The summed E-state index contributed by atoms with van der Waals surface area (Å²) in [5, 5.41) is 9.21. The largest absolute Gasteiger partial charge is 0.378 e. The molecule has 0 fully saturated rings. The number of hydrazone groups is 1. The number of hydrogen-bond donors (Lipinski definition) is 0. The van der Waals surface area contributed by atoms with Crippen molar-refractivity contribution in [1.82, 2.24) is 0 Å². The van der Waals surface area contributed by atoms with Crippen molar-refractivity contribution in [2.75, 3.05) is 24.0 Å². The van der Waals surface area contributed by atoms with E-state index >= 15 is 0 Å². The lowest BCUT2D eigenvalue weighted by Crippen LogP contribution is -2.10. The predicted molar refractivity (Wildman–Crippen MR) is 121 cm³/mol. The Balaban J connectivity index is 1.71. The highest BCUT2D eigenvalue weighted by Crippen LogP contribution is 2.29. The molecule has 138 valence electrons. The molecule has 4 aromatic rings. The molecule has 0 N–H and O–H groups in total. The van der Waals surface area contributed by atoms with E-state index in [1.807, 2.05) is 43.5 Å². The summed E-state index contributed by atoms with van der Waals surface area (Å²) in [5.41, 5.74) is 4.30. The fourth-order valence-corrected chi connectivity index (χ4v) is 3.14. The van der Waals surface area contributed by atoms with Gasteiger partial charge in [0.2, 0.25) is 0 Å². The minimum atomic E-state index is 1.03. The summed E-state index contributed by atoms with van der Waals surface area (Å²) in [6.07, 6.45) is 1.90. The third kappa shape index (κ3) is 3.89. The summed E-state index contributed by atoms with van der Waals surface area (Å²) in [6.45, 7) is 0. The normalized spacial score (nSPS) is 11.1. The molecule has 0 unspecified atom stereocenters. The van der Waals surface area contributed by atoms with Crippen LogP contribution in [0.15, 0.2) is 102 Å². The Hall–Kier alpha value is -3.59. The number of nitrogens with zero attached hydrogens (tertiary/aromatic N) is 3. The van der Waals surface area contributed by atoms with Gasteiger partial charge in [-0.1, -0.05) is 60.7 Å². The summed E-state index contributed by atoms with van der Waals surface area (Å²) >= 11 is 0. The highest BCUT2D eigenvalue weighted by atomic mass is 15.5. The molecule has 0 aliphatic carbocycles. The van der Waals surface area contributed by atoms with E-state index in [0.29, 0.717) is 0 Å². The molecule has 28 heavy (non-hydrogen) atoms. The number of anilines is 3. The van der Waals surface area contributed by atoms with Crippen LogP contribution in [0.4, 0.5) is 17.1 Å². The monoisotopic (exact) mass is 365 g/mol. The number of benzene rings is 4. The van der Waals surface area contributed by atoms with Crippen LogP contribution < -0.4 is 9.91 Å². The molecule has 0 amide bonds. The first-order chi connectivity index (χ1) is 13.7. The minimum absolute atomic E-state index is 1.03. The molecule has 0 atom stereocenters. The van der Waals surface area contributed by atoms with Crippen molar-refractivity contribution < 1.29 is 0 Å². The first kappa shape index (κ1) is 17.8. The highest BCUT2D eigenvalue weighted by molar-refractivity contribution is 5.88. The van der Waals surface area contributed by atoms with Crippen LogP contribution in [-0.4, -0.2) is 20.3 Å². The zero-order valence-electron chi connectivity index (χ0n) is 16.2. The topological polar surface area (TPSA) is 18.8 Å². The van der Waals surface area contributed by atoms with Crippen LogP contribution in [0.1, 0.15) is 5.56 Å². The molecule has 0 saturated carbocycles. The lowest BCUT2D eigenvalue weighted by Gasteiger charge is -2.20. The van der Waals surface area contributed by atoms with Crippen LogP contribution in [0.2, 0.25) is 0 Å². The van der Waals surface area contributed by atoms with Gasteiger partial charge in [-0.05, 0) is 52.7 Å². The lowest BCUT2D eigenvalue weighted by molar-refractivity contribution is 1.09. The molecule has 4 rings (SSSR count). The van der Waals surface area contributed by atoms with Gasteiger partial charge in [0.25, 0.3) is 0 Å². The van der Waals surface area contributed by atoms with Crippen molar-refractivity contribution in [1.29, 1.82) is 0 Å². The zero-order valence-corrected chi connectivity index (χ0v) is 16.2. The first-order valence-corrected chi connectivity index (χ1v) is 9.36. The van der Waals surface area contributed by atoms with Gasteiger partial charge in [-0.25, -0.2) is 5.01 Å². The average Bonchev–Trinajstić information content (AvgIpc) is 2.75. The molecular weight excluding hydrogens is 342 g/mol. The molecule has 0 radical (unpaired) electrons. The van der Waals surface area contributed by atoms with Crippen molar-refractivity contribution in [2.24, 2.45) is 5.10 Å². The van der Waals surface area contributed by atoms with Crippen molar-refractivity contribution >= 4 is 34.0 Å². The van der Waals surface area contributed by atoms with Crippen molar-refractivity contribution in [3.05, 3.63) is 103 Å². The van der Waals surface area contributed by atoms with Crippen LogP contribution in [-0.2, 0) is 0 Å². The molecule has 3 nitrogen and oxygen atoms in total. The Bertz CT molecular complexity index is 1080. The summed E-state index contributed by atoms with van der Waals surface area (Å²) in [6, 6.07) is 33.4. The van der Waals surface area contributed by atoms with Crippen LogP contribution in [0.25, 0.3) is 10.8 Å². The van der Waals surface area contributed by atoms with Crippen LogP contribution >= 0.6 is 0 Å². The molecule has 0 aliphatic heterocycles. The van der Waals surface area contributed by atoms with E-state index in [1.165, 1.54) is 16.5 Å². The molecule has 0 aliphatic rings. The Kier molecular flexibility index (Phi) is 5.07. The van der Waals surface area contributed by atoms with Gasteiger partial charge >= 0.3 is 0 Å². The van der Waals surface area contributed by atoms with Gasteiger partial charge < -0.3 is 4.90 Å². The summed E-state index contributed by atoms with van der Waals surface area (Å²) < 4.78 is 0. The standard InChI is InChI=1S/C25H23N3/c1-27(2)23-15-12-20(13-16-23)19-26-28(24-10-4-3-5-11-24)25-17-14-21-8-6-7-9-22(21)18-25/h3-19H,1-2H3/b26-19+. The molecule has 3 heteroatoms. The third-order valence-electron chi connectivity index (χ3n) is 4.71. The van der Waals surface area contributed by atoms with Crippen LogP contribution in [0, 0.1) is 0 Å². The second-order valence-electron chi connectivity index (χ2n) is 6.91. The second kappa shape index (κ2) is 7.97. The summed E-state index contributed by atoms with van der Waals surface area (Å²) in [7, 11) is 4.08. The predicted octanol–water partition coefficient (Wildman–Crippen LogP) is 6.08. The Morgan fingerprint density at radius 3 is 1.96 bits per heavy atom. The van der Waals surface area contributed by atoms with E-state index in [2.05, 4.69) is 83.8 Å². The fraction of sp³-hybridized carbons (Fsp3) is 0.0800. The van der Waals surface area contributed by atoms with E-state index in [9.17, 15) is 0 Å². The van der Waals surface area contributed by atoms with Crippen molar-refractivity contribution in [3.63, 3.8) is 0 Å². The van der Waals surface area contributed by atoms with E-state index in [1.54, 1.807) is 0 Å². The Morgan fingerprint density at radius 2 is 1.25 bits per heavy atom. The smallest absolute Gasteiger partial charge is 0.0659 e. The van der Waals surface area contributed by atoms with E-state index in [4.69, 9.17) is 5.10 Å². The summed E-state index contributed by atoms with van der Waals surface area (Å²) in [5.74, 6) is 0. The molecule has 0 heterocycles. The maximum Gasteiger partial charge on any atom is 0.0659 e. The van der Waals surface area contributed by atoms with E-state index in [-0.39, 0.29) is 0 Å². The van der Waals surface area contributed by atoms with Gasteiger partial charge in [0, 0.05) is 19.8 Å². The van der Waals surface area contributed by atoms with Crippen LogP contribution in [0.5, 0.6) is 0 Å². The van der Waals surface area contributed by atoms with E-state index in [0.717, 1.165) is 16.9 Å². The third-order valence-corrected chi connectivity index (χ3v) is 4.71. The van der Waals surface area contributed by atoms with Gasteiger partial charge in [-0.2, -0.15) is 5.10 Å². The second-order valence-corrected chi connectivity index (χ2v) is 6.91. The number of rotatable bonds is 5. The minimum Gasteiger partial charge on any atom is -0.378 e. The molecule has 4 aromatic carbocycles. The van der Waals surface area contributed by atoms with Crippen LogP contribution in [0.3, 0.4) is 0 Å². The maximum absolute atomic E-state index is 4.81. The number of para-hydroxylation sites is 1. The average molecular weight is 365 g/mol. The fourth-order valence-electron chi connectivity index (χ4n) is 3.14. The zero-order chi connectivity index (χ0) is 19.3. The highest BCUT2D eigenvalue weighted by Gasteiger charge is 2.08. The van der Waals surface area contributed by atoms with Crippen molar-refractivity contribution in [3.8, 4) is 0 Å². The summed E-state index contributed by atoms with van der Waals surface area (Å²) in [4.78, 5) is 2.09. The van der Waals surface area contributed by atoms with Crippen molar-refractivity contribution in [2.45, 2.75) is 0 Å². The van der Waals surface area contributed by atoms with Gasteiger partial charge in [0.15, 0.2) is 0 Å². The van der Waals surface area contributed by atoms with Gasteiger partial charge in [-0.3, -0.25) is 0 Å². The number of hydrogen-bond acceptors (Lipinski definition) is 3. The molecule has 0 saturated heterocycles. The first-order valence-electron chi connectivity index (χ1n) is 9.36. The molecule has 0 aromatic heterocycles. The van der Waals surface area contributed by atoms with Gasteiger partial charge in [0.1, 0.15) is 0 Å². The lowest BCUT2D eigenvalue weighted by atomic mass is 10.1. The maximum atomic E-state index is 4.81. The Labute approximate surface area is 166 Å². The number of fused-ring (bicyclic) bond motifs is 1. The quantitative estimate of drug-likeness (QED) is 0.315.